The van der Waals surface area contributed by atoms with E-state index in [0.717, 1.165) is 10.5 Å². The lowest BCUT2D eigenvalue weighted by molar-refractivity contribution is 1.35. The zero-order valence-corrected chi connectivity index (χ0v) is 11.0. The summed E-state index contributed by atoms with van der Waals surface area (Å²) in [6, 6.07) is 14.8. The SMILES string of the molecule is Cc1ccc(/C=C/c2ccc(C)cc2S)cc1. The molecule has 0 aliphatic rings. The second-order valence-electron chi connectivity index (χ2n) is 4.31. The highest BCUT2D eigenvalue weighted by Crippen LogP contribution is 2.18. The van der Waals surface area contributed by atoms with Crippen LogP contribution in [0.5, 0.6) is 0 Å². The Morgan fingerprint density at radius 1 is 0.824 bits per heavy atom. The maximum Gasteiger partial charge on any atom is 0.0115 e. The van der Waals surface area contributed by atoms with Gasteiger partial charge in [-0.25, -0.2) is 0 Å². The minimum absolute atomic E-state index is 1.02. The second kappa shape index (κ2) is 5.24. The van der Waals surface area contributed by atoms with Crippen molar-refractivity contribution in [3.63, 3.8) is 0 Å². The molecule has 17 heavy (non-hydrogen) atoms. The van der Waals surface area contributed by atoms with Crippen LogP contribution in [0.25, 0.3) is 12.2 Å². The first-order chi connectivity index (χ1) is 8.15. The highest BCUT2D eigenvalue weighted by atomic mass is 32.1. The normalized spacial score (nSPS) is 11.0. The van der Waals surface area contributed by atoms with Crippen molar-refractivity contribution in [2.45, 2.75) is 18.7 Å². The van der Waals surface area contributed by atoms with Crippen molar-refractivity contribution in [3.8, 4) is 0 Å². The summed E-state index contributed by atoms with van der Waals surface area (Å²) in [5.74, 6) is 0. The van der Waals surface area contributed by atoms with Crippen LogP contribution in [-0.4, -0.2) is 0 Å². The Bertz CT molecular complexity index is 536. The molecule has 0 saturated carbocycles. The first-order valence-corrected chi connectivity index (χ1v) is 6.14. The number of benzene rings is 2. The molecule has 0 saturated heterocycles. The molecule has 0 aromatic heterocycles. The molecule has 0 N–H and O–H groups in total. The average Bonchev–Trinajstić information content (AvgIpc) is 2.30. The van der Waals surface area contributed by atoms with Crippen LogP contribution in [-0.2, 0) is 0 Å². The predicted molar refractivity (Wildman–Crippen MR) is 78.5 cm³/mol. The Morgan fingerprint density at radius 3 is 2.12 bits per heavy atom. The van der Waals surface area contributed by atoms with Crippen LogP contribution >= 0.6 is 12.6 Å². The first-order valence-electron chi connectivity index (χ1n) is 5.69. The van der Waals surface area contributed by atoms with E-state index in [0.29, 0.717) is 0 Å². The van der Waals surface area contributed by atoms with Gasteiger partial charge in [0.2, 0.25) is 0 Å². The molecule has 0 spiro atoms. The summed E-state index contributed by atoms with van der Waals surface area (Å²) >= 11 is 4.48. The summed E-state index contributed by atoms with van der Waals surface area (Å²) in [5.41, 5.74) is 4.89. The lowest BCUT2D eigenvalue weighted by atomic mass is 10.1. The summed E-state index contributed by atoms with van der Waals surface area (Å²) < 4.78 is 0. The lowest BCUT2D eigenvalue weighted by Gasteiger charge is -2.01. The Morgan fingerprint density at radius 2 is 1.47 bits per heavy atom. The Hall–Kier alpha value is -1.47. The van der Waals surface area contributed by atoms with Crippen molar-refractivity contribution in [1.82, 2.24) is 0 Å². The summed E-state index contributed by atoms with van der Waals surface area (Å²) in [7, 11) is 0. The molecule has 2 aromatic rings. The second-order valence-corrected chi connectivity index (χ2v) is 4.79. The molecule has 0 nitrogen and oxygen atoms in total. The molecule has 0 amide bonds. The number of thiol groups is 1. The van der Waals surface area contributed by atoms with Gasteiger partial charge in [-0.05, 0) is 36.6 Å². The van der Waals surface area contributed by atoms with Gasteiger partial charge in [0.05, 0.1) is 0 Å². The fourth-order valence-electron chi connectivity index (χ4n) is 1.66. The summed E-state index contributed by atoms with van der Waals surface area (Å²) in [4.78, 5) is 1.02. The van der Waals surface area contributed by atoms with E-state index >= 15 is 0 Å². The van der Waals surface area contributed by atoms with Gasteiger partial charge >= 0.3 is 0 Å². The smallest absolute Gasteiger partial charge is 0.0115 e. The van der Waals surface area contributed by atoms with Crippen LogP contribution in [0.15, 0.2) is 47.4 Å². The van der Waals surface area contributed by atoms with Crippen molar-refractivity contribution in [3.05, 3.63) is 64.7 Å². The third kappa shape index (κ3) is 3.24. The molecule has 0 bridgehead atoms. The van der Waals surface area contributed by atoms with E-state index < -0.39 is 0 Å². The van der Waals surface area contributed by atoms with E-state index in [1.165, 1.54) is 16.7 Å². The van der Waals surface area contributed by atoms with Crippen LogP contribution in [0.3, 0.4) is 0 Å². The van der Waals surface area contributed by atoms with Crippen molar-refractivity contribution in [1.29, 1.82) is 0 Å². The molecule has 0 fully saturated rings. The summed E-state index contributed by atoms with van der Waals surface area (Å²) in [6.45, 7) is 4.17. The van der Waals surface area contributed by atoms with E-state index in [1.54, 1.807) is 0 Å². The molecular formula is C16H16S. The van der Waals surface area contributed by atoms with E-state index in [4.69, 9.17) is 0 Å². The molecule has 2 rings (SSSR count). The maximum atomic E-state index is 4.48. The van der Waals surface area contributed by atoms with E-state index in [-0.39, 0.29) is 0 Å². The quantitative estimate of drug-likeness (QED) is 0.567. The van der Waals surface area contributed by atoms with Gasteiger partial charge in [-0.15, -0.1) is 12.6 Å². The standard InChI is InChI=1S/C16H16S/c1-12-3-6-14(7-4-12)8-10-15-9-5-13(2)11-16(15)17/h3-11,17H,1-2H3/b10-8+. The molecular weight excluding hydrogens is 224 g/mol. The fraction of sp³-hybridized carbons (Fsp3) is 0.125. The van der Waals surface area contributed by atoms with Gasteiger partial charge in [-0.3, -0.25) is 0 Å². The van der Waals surface area contributed by atoms with Crippen molar-refractivity contribution in [2.75, 3.05) is 0 Å². The van der Waals surface area contributed by atoms with Gasteiger partial charge < -0.3 is 0 Å². The Kier molecular flexibility index (Phi) is 3.70. The van der Waals surface area contributed by atoms with Gasteiger partial charge in [0.25, 0.3) is 0 Å². The number of rotatable bonds is 2. The van der Waals surface area contributed by atoms with Gasteiger partial charge in [-0.2, -0.15) is 0 Å². The number of hydrogen-bond acceptors (Lipinski definition) is 1. The third-order valence-electron chi connectivity index (χ3n) is 2.72. The van der Waals surface area contributed by atoms with E-state index in [1.807, 2.05) is 0 Å². The highest BCUT2D eigenvalue weighted by Gasteiger charge is 1.95. The van der Waals surface area contributed by atoms with Gasteiger partial charge in [-0.1, -0.05) is 54.1 Å². The van der Waals surface area contributed by atoms with Crippen LogP contribution in [0.2, 0.25) is 0 Å². The van der Waals surface area contributed by atoms with Crippen molar-refractivity contribution < 1.29 is 0 Å². The maximum absolute atomic E-state index is 4.48. The molecule has 0 aliphatic heterocycles. The van der Waals surface area contributed by atoms with Crippen LogP contribution in [0.1, 0.15) is 22.3 Å². The summed E-state index contributed by atoms with van der Waals surface area (Å²) in [5, 5.41) is 0. The first kappa shape index (κ1) is 12.0. The molecule has 1 heteroatoms. The van der Waals surface area contributed by atoms with Crippen molar-refractivity contribution in [2.24, 2.45) is 0 Å². The fourth-order valence-corrected chi connectivity index (χ4v) is 2.01. The zero-order valence-electron chi connectivity index (χ0n) is 10.1. The van der Waals surface area contributed by atoms with Crippen LogP contribution in [0.4, 0.5) is 0 Å². The van der Waals surface area contributed by atoms with Gasteiger partial charge in [0.1, 0.15) is 0 Å². The topological polar surface area (TPSA) is 0 Å². The monoisotopic (exact) mass is 240 g/mol. The van der Waals surface area contributed by atoms with E-state index in [9.17, 15) is 0 Å². The number of hydrogen-bond donors (Lipinski definition) is 1. The summed E-state index contributed by atoms with van der Waals surface area (Å²) in [6.07, 6.45) is 4.22. The van der Waals surface area contributed by atoms with Crippen molar-refractivity contribution >= 4 is 24.8 Å². The van der Waals surface area contributed by atoms with Crippen LogP contribution < -0.4 is 0 Å². The molecule has 0 aliphatic carbocycles. The Balaban J connectivity index is 2.23. The van der Waals surface area contributed by atoms with Crippen LogP contribution in [0, 0.1) is 13.8 Å². The molecule has 86 valence electrons. The predicted octanol–water partition coefficient (Wildman–Crippen LogP) is 4.76. The average molecular weight is 240 g/mol. The molecule has 0 radical (unpaired) electrons. The zero-order chi connectivity index (χ0) is 12.3. The largest absolute Gasteiger partial charge is 0.143 e. The minimum atomic E-state index is 1.02. The number of aryl methyl sites for hydroxylation is 2. The lowest BCUT2D eigenvalue weighted by Crippen LogP contribution is -1.79. The van der Waals surface area contributed by atoms with E-state index in [2.05, 4.69) is 81.1 Å². The molecule has 0 heterocycles. The van der Waals surface area contributed by atoms with Gasteiger partial charge in [0.15, 0.2) is 0 Å². The molecule has 0 unspecified atom stereocenters. The molecule has 0 atom stereocenters. The highest BCUT2D eigenvalue weighted by molar-refractivity contribution is 7.80. The third-order valence-corrected chi connectivity index (χ3v) is 3.11. The van der Waals surface area contributed by atoms with Gasteiger partial charge in [0, 0.05) is 4.90 Å². The Labute approximate surface area is 108 Å². The minimum Gasteiger partial charge on any atom is -0.143 e. The molecule has 2 aromatic carbocycles.